The van der Waals surface area contributed by atoms with Crippen LogP contribution in [0.15, 0.2) is 48.5 Å². The van der Waals surface area contributed by atoms with E-state index < -0.39 is 17.9 Å². The first-order valence-electron chi connectivity index (χ1n) is 11.1. The topological polar surface area (TPSA) is 79.0 Å². The van der Waals surface area contributed by atoms with Crippen molar-refractivity contribution in [3.63, 3.8) is 0 Å². The van der Waals surface area contributed by atoms with Crippen molar-refractivity contribution in [2.45, 2.75) is 32.9 Å². The van der Waals surface area contributed by atoms with Gasteiger partial charge in [-0.25, -0.2) is 0 Å². The molecular weight excluding hydrogens is 406 g/mol. The first-order chi connectivity index (χ1) is 15.4. The normalized spacial score (nSPS) is 17.5. The Hall–Kier alpha value is -3.03. The van der Waals surface area contributed by atoms with Gasteiger partial charge in [-0.15, -0.1) is 0 Å². The first-order valence-corrected chi connectivity index (χ1v) is 11.1. The molecule has 2 aromatic carbocycles. The number of hydrogen-bond acceptors (Lipinski definition) is 5. The summed E-state index contributed by atoms with van der Waals surface area (Å²) in [5.41, 5.74) is 2.51. The average Bonchev–Trinajstić information content (AvgIpc) is 3.04. The number of hydrogen-bond donors (Lipinski definition) is 1. The van der Waals surface area contributed by atoms with Gasteiger partial charge in [-0.2, -0.15) is 0 Å². The molecule has 7 heteroatoms. The lowest BCUT2D eigenvalue weighted by molar-refractivity contribution is -0.120. The summed E-state index contributed by atoms with van der Waals surface area (Å²) in [7, 11) is 0. The van der Waals surface area contributed by atoms with Crippen LogP contribution in [-0.2, 0) is 16.1 Å². The Morgan fingerprint density at radius 3 is 2.12 bits per heavy atom. The molecule has 1 atom stereocenters. The van der Waals surface area contributed by atoms with Gasteiger partial charge < -0.3 is 10.1 Å². The molecule has 1 saturated heterocycles. The quantitative estimate of drug-likeness (QED) is 0.676. The molecule has 0 aromatic heterocycles. The number of imide groups is 1. The Morgan fingerprint density at radius 2 is 1.56 bits per heavy atom. The summed E-state index contributed by atoms with van der Waals surface area (Å²) >= 11 is 0. The molecule has 2 aliphatic rings. The van der Waals surface area contributed by atoms with Crippen molar-refractivity contribution in [3.8, 4) is 0 Å². The SMILES string of the molecule is CC(C)CC(C(=O)Nc1ccc(CN2CCOCC2)cc1)N1C(=O)c2ccccc2C1=O. The summed E-state index contributed by atoms with van der Waals surface area (Å²) in [6, 6.07) is 13.6. The number of morpholine rings is 1. The smallest absolute Gasteiger partial charge is 0.262 e. The molecule has 0 saturated carbocycles. The van der Waals surface area contributed by atoms with E-state index in [0.717, 1.165) is 43.3 Å². The van der Waals surface area contributed by atoms with Gasteiger partial charge in [0, 0.05) is 25.3 Å². The number of nitrogens with zero attached hydrogens (tertiary/aromatic N) is 2. The van der Waals surface area contributed by atoms with E-state index in [0.29, 0.717) is 23.2 Å². The van der Waals surface area contributed by atoms with Gasteiger partial charge >= 0.3 is 0 Å². The molecule has 2 aromatic rings. The van der Waals surface area contributed by atoms with Gasteiger partial charge in [0.15, 0.2) is 0 Å². The summed E-state index contributed by atoms with van der Waals surface area (Å²) in [5, 5.41) is 2.90. The lowest BCUT2D eigenvalue weighted by Gasteiger charge is -2.27. The number of ether oxygens (including phenoxy) is 1. The van der Waals surface area contributed by atoms with Crippen LogP contribution >= 0.6 is 0 Å². The molecule has 0 spiro atoms. The second kappa shape index (κ2) is 9.63. The van der Waals surface area contributed by atoms with E-state index in [1.165, 1.54) is 0 Å². The molecular formula is C25H29N3O4. The molecule has 7 nitrogen and oxygen atoms in total. The molecule has 1 fully saturated rings. The molecule has 2 aliphatic heterocycles. The summed E-state index contributed by atoms with van der Waals surface area (Å²) in [5.74, 6) is -1.04. The molecule has 32 heavy (non-hydrogen) atoms. The molecule has 4 rings (SSSR count). The molecule has 0 radical (unpaired) electrons. The van der Waals surface area contributed by atoms with Crippen molar-refractivity contribution in [2.75, 3.05) is 31.6 Å². The van der Waals surface area contributed by atoms with Gasteiger partial charge in [0.05, 0.1) is 24.3 Å². The lowest BCUT2D eigenvalue weighted by Crippen LogP contribution is -2.47. The average molecular weight is 436 g/mol. The van der Waals surface area contributed by atoms with Crippen LogP contribution in [0.1, 0.15) is 46.5 Å². The zero-order valence-electron chi connectivity index (χ0n) is 18.5. The largest absolute Gasteiger partial charge is 0.379 e. The van der Waals surface area contributed by atoms with Gasteiger partial charge in [-0.3, -0.25) is 24.2 Å². The number of anilines is 1. The Kier molecular flexibility index (Phi) is 6.67. The highest BCUT2D eigenvalue weighted by atomic mass is 16.5. The number of carbonyl (C=O) groups is 3. The fraction of sp³-hybridized carbons (Fsp3) is 0.400. The zero-order chi connectivity index (χ0) is 22.7. The lowest BCUT2D eigenvalue weighted by atomic mass is 10.0. The van der Waals surface area contributed by atoms with Crippen molar-refractivity contribution in [3.05, 3.63) is 65.2 Å². The molecule has 1 N–H and O–H groups in total. The third-order valence-corrected chi connectivity index (χ3v) is 5.87. The van der Waals surface area contributed by atoms with Crippen molar-refractivity contribution in [2.24, 2.45) is 5.92 Å². The number of nitrogens with one attached hydrogen (secondary N) is 1. The van der Waals surface area contributed by atoms with Crippen molar-refractivity contribution in [1.82, 2.24) is 9.80 Å². The second-order valence-electron chi connectivity index (χ2n) is 8.75. The maximum absolute atomic E-state index is 13.2. The number of amides is 3. The van der Waals surface area contributed by atoms with E-state index in [1.807, 2.05) is 38.1 Å². The van der Waals surface area contributed by atoms with Crippen molar-refractivity contribution >= 4 is 23.4 Å². The second-order valence-corrected chi connectivity index (χ2v) is 8.75. The number of carbonyl (C=O) groups excluding carboxylic acids is 3. The molecule has 168 valence electrons. The van der Waals surface area contributed by atoms with E-state index >= 15 is 0 Å². The van der Waals surface area contributed by atoms with Crippen LogP contribution in [0.5, 0.6) is 0 Å². The van der Waals surface area contributed by atoms with Gasteiger partial charge in [0.2, 0.25) is 5.91 Å². The Balaban J connectivity index is 1.47. The minimum atomic E-state index is -0.865. The monoisotopic (exact) mass is 435 g/mol. The third-order valence-electron chi connectivity index (χ3n) is 5.87. The predicted molar refractivity (Wildman–Crippen MR) is 121 cm³/mol. The molecule has 2 heterocycles. The van der Waals surface area contributed by atoms with E-state index in [4.69, 9.17) is 4.74 Å². The number of benzene rings is 2. The maximum atomic E-state index is 13.2. The Bertz CT molecular complexity index is 962. The van der Waals surface area contributed by atoms with Gasteiger partial charge in [0.1, 0.15) is 6.04 Å². The summed E-state index contributed by atoms with van der Waals surface area (Å²) < 4.78 is 5.39. The zero-order valence-corrected chi connectivity index (χ0v) is 18.5. The molecule has 1 unspecified atom stereocenters. The van der Waals surface area contributed by atoms with Gasteiger partial charge in [-0.05, 0) is 42.2 Å². The summed E-state index contributed by atoms with van der Waals surface area (Å²) in [6.45, 7) is 8.11. The van der Waals surface area contributed by atoms with Crippen LogP contribution in [0, 0.1) is 5.92 Å². The van der Waals surface area contributed by atoms with Gasteiger partial charge in [-0.1, -0.05) is 38.1 Å². The minimum Gasteiger partial charge on any atom is -0.379 e. The van der Waals surface area contributed by atoms with Crippen LogP contribution in [-0.4, -0.2) is 59.9 Å². The number of fused-ring (bicyclic) bond motifs is 1. The van der Waals surface area contributed by atoms with E-state index in [-0.39, 0.29) is 11.8 Å². The number of rotatable bonds is 7. The summed E-state index contributed by atoms with van der Waals surface area (Å²) in [4.78, 5) is 42.5. The Morgan fingerprint density at radius 1 is 0.969 bits per heavy atom. The van der Waals surface area contributed by atoms with E-state index in [1.54, 1.807) is 24.3 Å². The van der Waals surface area contributed by atoms with Gasteiger partial charge in [0.25, 0.3) is 11.8 Å². The predicted octanol–water partition coefficient (Wildman–Crippen LogP) is 3.17. The fourth-order valence-electron chi connectivity index (χ4n) is 4.20. The van der Waals surface area contributed by atoms with Crippen molar-refractivity contribution in [1.29, 1.82) is 0 Å². The molecule has 0 bridgehead atoms. The molecule has 0 aliphatic carbocycles. The van der Waals surface area contributed by atoms with Crippen LogP contribution < -0.4 is 5.32 Å². The first kappa shape index (κ1) is 22.2. The minimum absolute atomic E-state index is 0.131. The maximum Gasteiger partial charge on any atom is 0.262 e. The highest BCUT2D eigenvalue weighted by Gasteiger charge is 2.42. The van der Waals surface area contributed by atoms with E-state index in [9.17, 15) is 14.4 Å². The van der Waals surface area contributed by atoms with Crippen LogP contribution in [0.2, 0.25) is 0 Å². The van der Waals surface area contributed by atoms with Crippen LogP contribution in [0.3, 0.4) is 0 Å². The Labute approximate surface area is 188 Å². The summed E-state index contributed by atoms with van der Waals surface area (Å²) in [6.07, 6.45) is 0.395. The van der Waals surface area contributed by atoms with Crippen LogP contribution in [0.4, 0.5) is 5.69 Å². The standard InChI is InChI=1S/C25H29N3O4/c1-17(2)15-22(28-24(30)20-5-3-4-6-21(20)25(28)31)23(29)26-19-9-7-18(8-10-19)16-27-11-13-32-14-12-27/h3-10,17,22H,11-16H2,1-2H3,(H,26,29). The third kappa shape index (κ3) is 4.74. The fourth-order valence-corrected chi connectivity index (χ4v) is 4.20. The van der Waals surface area contributed by atoms with Crippen LogP contribution in [0.25, 0.3) is 0 Å². The highest BCUT2D eigenvalue weighted by Crippen LogP contribution is 2.27. The van der Waals surface area contributed by atoms with Crippen molar-refractivity contribution < 1.29 is 19.1 Å². The highest BCUT2D eigenvalue weighted by molar-refractivity contribution is 6.23. The molecule has 3 amide bonds. The van der Waals surface area contributed by atoms with E-state index in [2.05, 4.69) is 10.2 Å².